The second-order valence-electron chi connectivity index (χ2n) is 7.49. The SMILES string of the molecule is C1CCN(CCOC2CCC(CC3CCNCC3)CC2)C1. The molecular formula is C18H34N2O. The molecule has 3 rings (SSSR count). The third-order valence-electron chi connectivity index (χ3n) is 5.88. The van der Waals surface area contributed by atoms with Crippen molar-refractivity contribution in [3.8, 4) is 0 Å². The highest BCUT2D eigenvalue weighted by atomic mass is 16.5. The van der Waals surface area contributed by atoms with Gasteiger partial charge in [0.2, 0.25) is 0 Å². The lowest BCUT2D eigenvalue weighted by Crippen LogP contribution is -2.31. The molecule has 2 saturated heterocycles. The number of piperidine rings is 1. The summed E-state index contributed by atoms with van der Waals surface area (Å²) in [6.45, 7) is 7.22. The van der Waals surface area contributed by atoms with Gasteiger partial charge in [0.1, 0.15) is 0 Å². The minimum Gasteiger partial charge on any atom is -0.377 e. The van der Waals surface area contributed by atoms with Crippen molar-refractivity contribution in [3.63, 3.8) is 0 Å². The zero-order valence-electron chi connectivity index (χ0n) is 13.7. The summed E-state index contributed by atoms with van der Waals surface area (Å²) in [6, 6.07) is 0. The summed E-state index contributed by atoms with van der Waals surface area (Å²) in [5.41, 5.74) is 0. The molecule has 0 aromatic heterocycles. The average molecular weight is 294 g/mol. The van der Waals surface area contributed by atoms with Gasteiger partial charge in [0.05, 0.1) is 12.7 Å². The van der Waals surface area contributed by atoms with Gasteiger partial charge in [0, 0.05) is 6.54 Å². The fraction of sp³-hybridized carbons (Fsp3) is 1.00. The van der Waals surface area contributed by atoms with Gasteiger partial charge in [-0.25, -0.2) is 0 Å². The summed E-state index contributed by atoms with van der Waals surface area (Å²) >= 11 is 0. The average Bonchev–Trinajstić information content (AvgIpc) is 3.03. The van der Waals surface area contributed by atoms with Crippen molar-refractivity contribution >= 4 is 0 Å². The molecule has 0 amide bonds. The lowest BCUT2D eigenvalue weighted by molar-refractivity contribution is 0.00689. The number of nitrogens with one attached hydrogen (secondary N) is 1. The molecule has 3 aliphatic rings. The monoisotopic (exact) mass is 294 g/mol. The molecular weight excluding hydrogens is 260 g/mol. The third kappa shape index (κ3) is 5.22. The Morgan fingerprint density at radius 1 is 0.857 bits per heavy atom. The predicted molar refractivity (Wildman–Crippen MR) is 87.6 cm³/mol. The molecule has 2 heterocycles. The normalized spacial score (nSPS) is 32.6. The zero-order chi connectivity index (χ0) is 14.3. The fourth-order valence-electron chi connectivity index (χ4n) is 4.48. The number of hydrogen-bond acceptors (Lipinski definition) is 3. The summed E-state index contributed by atoms with van der Waals surface area (Å²) in [7, 11) is 0. The second-order valence-corrected chi connectivity index (χ2v) is 7.49. The Labute approximate surface area is 130 Å². The molecule has 21 heavy (non-hydrogen) atoms. The Kier molecular flexibility index (Phi) is 6.38. The standard InChI is InChI=1S/C18H34N2O/c1-2-12-20(11-1)13-14-21-18-5-3-16(4-6-18)15-17-7-9-19-10-8-17/h16-19H,1-15H2. The molecule has 3 fully saturated rings. The van der Waals surface area contributed by atoms with E-state index in [1.54, 1.807) is 0 Å². The van der Waals surface area contributed by atoms with Gasteiger partial charge in [-0.15, -0.1) is 0 Å². The number of rotatable bonds is 6. The Morgan fingerprint density at radius 2 is 1.52 bits per heavy atom. The van der Waals surface area contributed by atoms with Crippen molar-refractivity contribution in [2.45, 2.75) is 63.9 Å². The highest BCUT2D eigenvalue weighted by molar-refractivity contribution is 4.78. The van der Waals surface area contributed by atoms with E-state index in [-0.39, 0.29) is 0 Å². The Morgan fingerprint density at radius 3 is 2.24 bits per heavy atom. The van der Waals surface area contributed by atoms with Crippen LogP contribution in [0.25, 0.3) is 0 Å². The molecule has 1 N–H and O–H groups in total. The van der Waals surface area contributed by atoms with Crippen LogP contribution >= 0.6 is 0 Å². The molecule has 0 spiro atoms. The van der Waals surface area contributed by atoms with Crippen molar-refractivity contribution in [1.29, 1.82) is 0 Å². The van der Waals surface area contributed by atoms with E-state index in [9.17, 15) is 0 Å². The van der Waals surface area contributed by atoms with Crippen LogP contribution in [0.2, 0.25) is 0 Å². The minimum atomic E-state index is 0.567. The van der Waals surface area contributed by atoms with Gasteiger partial charge in [-0.3, -0.25) is 0 Å². The number of ether oxygens (including phenoxy) is 1. The Bertz CT molecular complexity index is 277. The lowest BCUT2D eigenvalue weighted by Gasteiger charge is -2.32. The maximum absolute atomic E-state index is 6.13. The van der Waals surface area contributed by atoms with E-state index in [0.717, 1.165) is 25.0 Å². The van der Waals surface area contributed by atoms with Gasteiger partial charge in [-0.2, -0.15) is 0 Å². The van der Waals surface area contributed by atoms with Crippen LogP contribution in [0.3, 0.4) is 0 Å². The lowest BCUT2D eigenvalue weighted by atomic mass is 9.79. The zero-order valence-corrected chi connectivity index (χ0v) is 13.7. The molecule has 1 saturated carbocycles. The molecule has 0 radical (unpaired) electrons. The van der Waals surface area contributed by atoms with E-state index in [2.05, 4.69) is 10.2 Å². The van der Waals surface area contributed by atoms with Crippen LogP contribution in [0.15, 0.2) is 0 Å². The van der Waals surface area contributed by atoms with E-state index < -0.39 is 0 Å². The molecule has 2 aliphatic heterocycles. The molecule has 0 atom stereocenters. The summed E-state index contributed by atoms with van der Waals surface area (Å²) in [6.07, 6.45) is 13.1. The number of hydrogen-bond donors (Lipinski definition) is 1. The van der Waals surface area contributed by atoms with Gasteiger partial charge >= 0.3 is 0 Å². The molecule has 0 aromatic rings. The summed E-state index contributed by atoms with van der Waals surface area (Å²) in [4.78, 5) is 2.56. The van der Waals surface area contributed by atoms with Crippen LogP contribution in [0.4, 0.5) is 0 Å². The fourth-order valence-corrected chi connectivity index (χ4v) is 4.48. The highest BCUT2D eigenvalue weighted by Crippen LogP contribution is 2.33. The van der Waals surface area contributed by atoms with Crippen molar-refractivity contribution in [1.82, 2.24) is 10.2 Å². The van der Waals surface area contributed by atoms with Crippen LogP contribution < -0.4 is 5.32 Å². The van der Waals surface area contributed by atoms with Crippen molar-refractivity contribution < 1.29 is 4.74 Å². The molecule has 0 aromatic carbocycles. The highest BCUT2D eigenvalue weighted by Gasteiger charge is 2.25. The van der Waals surface area contributed by atoms with Crippen molar-refractivity contribution in [3.05, 3.63) is 0 Å². The first-order chi connectivity index (χ1) is 10.4. The van der Waals surface area contributed by atoms with Crippen LogP contribution in [0.1, 0.15) is 57.8 Å². The smallest absolute Gasteiger partial charge is 0.0597 e. The largest absolute Gasteiger partial charge is 0.377 e. The first-order valence-electron chi connectivity index (χ1n) is 9.45. The van der Waals surface area contributed by atoms with Crippen LogP contribution in [0, 0.1) is 11.8 Å². The van der Waals surface area contributed by atoms with Crippen molar-refractivity contribution in [2.75, 3.05) is 39.3 Å². The Balaban J connectivity index is 1.26. The molecule has 122 valence electrons. The van der Waals surface area contributed by atoms with Gasteiger partial charge in [0.15, 0.2) is 0 Å². The number of nitrogens with zero attached hydrogens (tertiary/aromatic N) is 1. The van der Waals surface area contributed by atoms with Crippen molar-refractivity contribution in [2.24, 2.45) is 11.8 Å². The van der Waals surface area contributed by atoms with Gasteiger partial charge < -0.3 is 15.0 Å². The molecule has 1 aliphatic carbocycles. The quantitative estimate of drug-likeness (QED) is 0.815. The predicted octanol–water partition coefficient (Wildman–Crippen LogP) is 3.05. The van der Waals surface area contributed by atoms with Gasteiger partial charge in [-0.05, 0) is 95.8 Å². The van der Waals surface area contributed by atoms with E-state index in [1.807, 2.05) is 0 Å². The maximum atomic E-state index is 6.13. The number of likely N-dealkylation sites (tertiary alicyclic amines) is 1. The van der Waals surface area contributed by atoms with E-state index in [1.165, 1.54) is 84.0 Å². The third-order valence-corrected chi connectivity index (χ3v) is 5.88. The topological polar surface area (TPSA) is 24.5 Å². The van der Waals surface area contributed by atoms with Gasteiger partial charge in [0.25, 0.3) is 0 Å². The van der Waals surface area contributed by atoms with Crippen LogP contribution in [0.5, 0.6) is 0 Å². The van der Waals surface area contributed by atoms with Crippen LogP contribution in [-0.4, -0.2) is 50.3 Å². The molecule has 0 bridgehead atoms. The summed E-state index contributed by atoms with van der Waals surface area (Å²) in [5.74, 6) is 2.00. The summed E-state index contributed by atoms with van der Waals surface area (Å²) in [5, 5.41) is 3.48. The molecule has 3 heteroatoms. The van der Waals surface area contributed by atoms with Gasteiger partial charge in [-0.1, -0.05) is 0 Å². The molecule has 3 nitrogen and oxygen atoms in total. The minimum absolute atomic E-state index is 0.567. The van der Waals surface area contributed by atoms with E-state index >= 15 is 0 Å². The van der Waals surface area contributed by atoms with E-state index in [4.69, 9.17) is 4.74 Å². The van der Waals surface area contributed by atoms with E-state index in [0.29, 0.717) is 6.10 Å². The Hall–Kier alpha value is -0.120. The first-order valence-corrected chi connectivity index (χ1v) is 9.45. The molecule has 0 unspecified atom stereocenters. The van der Waals surface area contributed by atoms with Crippen LogP contribution in [-0.2, 0) is 4.74 Å². The first kappa shape index (κ1) is 15.8. The maximum Gasteiger partial charge on any atom is 0.0597 e. The summed E-state index contributed by atoms with van der Waals surface area (Å²) < 4.78 is 6.13. The second kappa shape index (κ2) is 8.50.